The molecule has 0 spiro atoms. The van der Waals surface area contributed by atoms with Crippen LogP contribution in [-0.2, 0) is 4.79 Å². The molecule has 4 N–H and O–H groups in total. The summed E-state index contributed by atoms with van der Waals surface area (Å²) < 4.78 is 0. The second kappa shape index (κ2) is 8.35. The van der Waals surface area contributed by atoms with E-state index in [0.717, 1.165) is 4.88 Å². The van der Waals surface area contributed by atoms with Crippen LogP contribution >= 0.6 is 11.3 Å². The van der Waals surface area contributed by atoms with Gasteiger partial charge in [0.2, 0.25) is 5.91 Å². The molecule has 6 heteroatoms. The molecule has 20 heavy (non-hydrogen) atoms. The first-order valence-electron chi connectivity index (χ1n) is 6.38. The number of nitrogens with one attached hydrogen (secondary N) is 2. The van der Waals surface area contributed by atoms with Gasteiger partial charge >= 0.3 is 0 Å². The molecule has 2 amide bonds. The molecule has 0 aliphatic heterocycles. The number of thiophene rings is 1. The molecular weight excluding hydrogens is 274 g/mol. The van der Waals surface area contributed by atoms with Crippen LogP contribution in [0.25, 0.3) is 0 Å². The standard InChI is InChI=1S/C14H19N3O2S/c1-10(2)17-13(18)5-7-16-14(19)11-8-12(20-9-11)4-3-6-15/h8-10H,5-7,15H2,1-2H3,(H,16,19)(H,17,18). The molecule has 0 atom stereocenters. The second-order valence-corrected chi connectivity index (χ2v) is 5.34. The van der Waals surface area contributed by atoms with Crippen molar-refractivity contribution in [3.8, 4) is 11.8 Å². The Bertz CT molecular complexity index is 526. The van der Waals surface area contributed by atoms with E-state index < -0.39 is 0 Å². The van der Waals surface area contributed by atoms with Crippen LogP contribution in [0.4, 0.5) is 0 Å². The smallest absolute Gasteiger partial charge is 0.252 e. The van der Waals surface area contributed by atoms with Gasteiger partial charge in [0, 0.05) is 24.4 Å². The predicted molar refractivity (Wildman–Crippen MR) is 80.5 cm³/mol. The lowest BCUT2D eigenvalue weighted by Crippen LogP contribution is -2.34. The Hall–Kier alpha value is -1.84. The van der Waals surface area contributed by atoms with Gasteiger partial charge in [0.05, 0.1) is 17.0 Å². The molecule has 1 aromatic rings. The van der Waals surface area contributed by atoms with Crippen molar-refractivity contribution < 1.29 is 9.59 Å². The molecule has 0 saturated heterocycles. The Morgan fingerprint density at radius 2 is 2.20 bits per heavy atom. The highest BCUT2D eigenvalue weighted by Crippen LogP contribution is 2.13. The fraction of sp³-hybridized carbons (Fsp3) is 0.429. The maximum absolute atomic E-state index is 11.8. The second-order valence-electron chi connectivity index (χ2n) is 4.43. The molecule has 0 radical (unpaired) electrons. The molecule has 0 aliphatic rings. The first-order chi connectivity index (χ1) is 9.52. The third kappa shape index (κ3) is 5.87. The Labute approximate surface area is 122 Å². The van der Waals surface area contributed by atoms with Gasteiger partial charge in [0.25, 0.3) is 5.91 Å². The number of hydrogen-bond donors (Lipinski definition) is 3. The average Bonchev–Trinajstić information content (AvgIpc) is 2.84. The normalized spacial score (nSPS) is 9.80. The minimum Gasteiger partial charge on any atom is -0.354 e. The van der Waals surface area contributed by atoms with Gasteiger partial charge in [-0.05, 0) is 19.9 Å². The quantitative estimate of drug-likeness (QED) is 0.699. The molecule has 108 valence electrons. The SMILES string of the molecule is CC(C)NC(=O)CCNC(=O)c1csc(C#CCN)c1. The summed E-state index contributed by atoms with van der Waals surface area (Å²) in [6.45, 7) is 4.40. The number of rotatable bonds is 5. The summed E-state index contributed by atoms with van der Waals surface area (Å²) in [4.78, 5) is 24.0. The summed E-state index contributed by atoms with van der Waals surface area (Å²) in [6.07, 6.45) is 0.272. The van der Waals surface area contributed by atoms with Gasteiger partial charge in [0.15, 0.2) is 0 Å². The van der Waals surface area contributed by atoms with Gasteiger partial charge in [-0.1, -0.05) is 11.8 Å². The maximum atomic E-state index is 11.8. The minimum absolute atomic E-state index is 0.0693. The van der Waals surface area contributed by atoms with Gasteiger partial charge in [-0.3, -0.25) is 9.59 Å². The highest BCUT2D eigenvalue weighted by Gasteiger charge is 2.09. The molecule has 0 aliphatic carbocycles. The van der Waals surface area contributed by atoms with Crippen LogP contribution in [-0.4, -0.2) is 30.9 Å². The summed E-state index contributed by atoms with van der Waals surface area (Å²) in [6, 6.07) is 1.83. The highest BCUT2D eigenvalue weighted by molar-refractivity contribution is 7.10. The lowest BCUT2D eigenvalue weighted by Gasteiger charge is -2.08. The summed E-state index contributed by atoms with van der Waals surface area (Å²) in [5, 5.41) is 7.21. The van der Waals surface area contributed by atoms with Crippen molar-refractivity contribution in [2.75, 3.05) is 13.1 Å². The van der Waals surface area contributed by atoms with Crippen LogP contribution in [0.3, 0.4) is 0 Å². The van der Waals surface area contributed by atoms with Gasteiger partial charge in [-0.15, -0.1) is 11.3 Å². The Morgan fingerprint density at radius 3 is 2.85 bits per heavy atom. The summed E-state index contributed by atoms with van der Waals surface area (Å²) in [5.41, 5.74) is 5.84. The Balaban J connectivity index is 2.39. The van der Waals surface area contributed by atoms with Gasteiger partial charge in [-0.2, -0.15) is 0 Å². The molecule has 1 aromatic heterocycles. The summed E-state index contributed by atoms with van der Waals surface area (Å²) in [7, 11) is 0. The Kier molecular flexibility index (Phi) is 6.77. The molecule has 1 rings (SSSR count). The van der Waals surface area contributed by atoms with E-state index in [2.05, 4.69) is 22.5 Å². The zero-order chi connectivity index (χ0) is 15.0. The molecule has 1 heterocycles. The third-order valence-corrected chi connectivity index (χ3v) is 3.11. The lowest BCUT2D eigenvalue weighted by molar-refractivity contribution is -0.121. The van der Waals surface area contributed by atoms with Crippen molar-refractivity contribution >= 4 is 23.2 Å². The number of carbonyl (C=O) groups excluding carboxylic acids is 2. The Morgan fingerprint density at radius 1 is 1.45 bits per heavy atom. The maximum Gasteiger partial charge on any atom is 0.252 e. The van der Waals surface area contributed by atoms with Crippen LogP contribution < -0.4 is 16.4 Å². The van der Waals surface area contributed by atoms with E-state index in [1.807, 2.05) is 13.8 Å². The van der Waals surface area contributed by atoms with Crippen molar-refractivity contribution in [3.63, 3.8) is 0 Å². The molecule has 0 unspecified atom stereocenters. The zero-order valence-corrected chi connectivity index (χ0v) is 12.5. The third-order valence-electron chi connectivity index (χ3n) is 2.26. The van der Waals surface area contributed by atoms with E-state index in [1.165, 1.54) is 11.3 Å². The highest BCUT2D eigenvalue weighted by atomic mass is 32.1. The van der Waals surface area contributed by atoms with Crippen LogP contribution in [0.15, 0.2) is 11.4 Å². The lowest BCUT2D eigenvalue weighted by atomic mass is 10.2. The summed E-state index contributed by atoms with van der Waals surface area (Å²) in [5.74, 6) is 5.35. The molecular formula is C14H19N3O2S. The summed E-state index contributed by atoms with van der Waals surface area (Å²) >= 11 is 1.40. The first kappa shape index (κ1) is 16.2. The molecule has 0 aromatic carbocycles. The molecule has 0 bridgehead atoms. The van der Waals surface area contributed by atoms with E-state index >= 15 is 0 Å². The molecule has 0 fully saturated rings. The topological polar surface area (TPSA) is 84.2 Å². The average molecular weight is 293 g/mol. The fourth-order valence-corrected chi connectivity index (χ4v) is 2.20. The number of hydrogen-bond acceptors (Lipinski definition) is 4. The largest absolute Gasteiger partial charge is 0.354 e. The number of nitrogens with two attached hydrogens (primary N) is 1. The molecule has 5 nitrogen and oxygen atoms in total. The van der Waals surface area contributed by atoms with E-state index in [1.54, 1.807) is 11.4 Å². The predicted octanol–water partition coefficient (Wildman–Crippen LogP) is 0.703. The van der Waals surface area contributed by atoms with Crippen molar-refractivity contribution in [3.05, 3.63) is 21.9 Å². The van der Waals surface area contributed by atoms with E-state index in [0.29, 0.717) is 18.7 Å². The van der Waals surface area contributed by atoms with Gasteiger partial charge in [0.1, 0.15) is 0 Å². The minimum atomic E-state index is -0.195. The van der Waals surface area contributed by atoms with Crippen molar-refractivity contribution in [2.24, 2.45) is 5.73 Å². The van der Waals surface area contributed by atoms with E-state index in [9.17, 15) is 9.59 Å². The molecule has 0 saturated carbocycles. The first-order valence-corrected chi connectivity index (χ1v) is 7.26. The van der Waals surface area contributed by atoms with Gasteiger partial charge in [-0.25, -0.2) is 0 Å². The van der Waals surface area contributed by atoms with Crippen LogP contribution in [0.2, 0.25) is 0 Å². The van der Waals surface area contributed by atoms with Crippen molar-refractivity contribution in [1.29, 1.82) is 0 Å². The monoisotopic (exact) mass is 293 g/mol. The number of amides is 2. The zero-order valence-electron chi connectivity index (χ0n) is 11.7. The number of carbonyl (C=O) groups is 2. The van der Waals surface area contributed by atoms with Gasteiger partial charge < -0.3 is 16.4 Å². The van der Waals surface area contributed by atoms with E-state index in [-0.39, 0.29) is 24.3 Å². The van der Waals surface area contributed by atoms with Crippen LogP contribution in [0.1, 0.15) is 35.5 Å². The van der Waals surface area contributed by atoms with Crippen LogP contribution in [0.5, 0.6) is 0 Å². The van der Waals surface area contributed by atoms with Crippen molar-refractivity contribution in [1.82, 2.24) is 10.6 Å². The van der Waals surface area contributed by atoms with Crippen LogP contribution in [0, 0.1) is 11.8 Å². The fourth-order valence-electron chi connectivity index (χ4n) is 1.44. The van der Waals surface area contributed by atoms with E-state index in [4.69, 9.17) is 5.73 Å². The van der Waals surface area contributed by atoms with Crippen molar-refractivity contribution in [2.45, 2.75) is 26.3 Å².